The van der Waals surface area contributed by atoms with E-state index in [1.165, 1.54) is 27.4 Å². The Morgan fingerprint density at radius 3 is 2.62 bits per heavy atom. The van der Waals surface area contributed by atoms with Gasteiger partial charge >= 0.3 is 0 Å². The van der Waals surface area contributed by atoms with Crippen LogP contribution < -0.4 is 0 Å². The molecule has 0 saturated carbocycles. The van der Waals surface area contributed by atoms with Gasteiger partial charge in [0.25, 0.3) is 0 Å². The Labute approximate surface area is 108 Å². The molecule has 1 radical (unpaired) electrons. The number of fused-ring (bicyclic) bond motifs is 3. The predicted octanol–water partition coefficient (Wildman–Crippen LogP) is 3.44. The third kappa shape index (κ3) is 1.41. The molecule has 0 amide bonds. The molecule has 0 fully saturated rings. The summed E-state index contributed by atoms with van der Waals surface area (Å²) in [6.07, 6.45) is 0. The Morgan fingerprint density at radius 2 is 1.81 bits per heavy atom. The first-order valence-corrected chi connectivity index (χ1v) is 5.13. The van der Waals surface area contributed by atoms with E-state index in [1.54, 1.807) is 0 Å². The minimum absolute atomic E-state index is 0. The minimum Gasteiger partial charge on any atom is -0.397 e. The number of rotatable bonds is 0. The average molecular weight is 386 g/mol. The largest absolute Gasteiger partial charge is 0.397 e. The fourth-order valence-corrected chi connectivity index (χ4v) is 2.36. The van der Waals surface area contributed by atoms with Crippen molar-refractivity contribution in [3.8, 4) is 0 Å². The molecule has 0 bridgehead atoms. The second kappa shape index (κ2) is 4.04. The third-order valence-corrected chi connectivity index (χ3v) is 3.05. The van der Waals surface area contributed by atoms with Crippen LogP contribution in [-0.2, 0) is 27.2 Å². The van der Waals surface area contributed by atoms with E-state index >= 15 is 0 Å². The van der Waals surface area contributed by atoms with Crippen LogP contribution in [0.15, 0.2) is 36.4 Å². The molecule has 0 saturated heterocycles. The fourth-order valence-electron chi connectivity index (χ4n) is 2.36. The van der Waals surface area contributed by atoms with Gasteiger partial charge in [0.15, 0.2) is 0 Å². The Kier molecular flexibility index (Phi) is 2.88. The molecule has 1 heterocycles. The van der Waals surface area contributed by atoms with Gasteiger partial charge in [-0.05, 0) is 18.5 Å². The van der Waals surface area contributed by atoms with Crippen molar-refractivity contribution in [3.05, 3.63) is 48.0 Å². The summed E-state index contributed by atoms with van der Waals surface area (Å²) in [6.45, 7) is 2.11. The Balaban J connectivity index is 0.000000963. The first-order valence-electron chi connectivity index (χ1n) is 5.13. The zero-order valence-electron chi connectivity index (χ0n) is 9.24. The Bertz CT molecular complexity index is 652. The van der Waals surface area contributed by atoms with Crippen LogP contribution in [0, 0.1) is 13.0 Å². The first-order chi connectivity index (χ1) is 7.29. The van der Waals surface area contributed by atoms with Crippen molar-refractivity contribution in [2.24, 2.45) is 7.05 Å². The zero-order valence-corrected chi connectivity index (χ0v) is 11.6. The van der Waals surface area contributed by atoms with Crippen LogP contribution in [0.5, 0.6) is 0 Å². The smallest absolute Gasteiger partial charge is 0.0357 e. The molecule has 3 rings (SSSR count). The number of hydrogen-bond donors (Lipinski definition) is 0. The molecular formula is C14H12IrN-. The second-order valence-electron chi connectivity index (χ2n) is 3.94. The SMILES string of the molecule is Cc1[c-]ccc2c3ccccc3n(C)c12.[Ir]. The minimum atomic E-state index is 0. The molecule has 2 aromatic carbocycles. The summed E-state index contributed by atoms with van der Waals surface area (Å²) in [7, 11) is 2.12. The second-order valence-corrected chi connectivity index (χ2v) is 3.94. The van der Waals surface area contributed by atoms with Crippen LogP contribution in [0.1, 0.15) is 5.56 Å². The molecule has 0 aliphatic carbocycles. The Hall–Kier alpha value is -1.11. The summed E-state index contributed by atoms with van der Waals surface area (Å²) in [4.78, 5) is 0. The van der Waals surface area contributed by atoms with Crippen molar-refractivity contribution in [1.82, 2.24) is 4.57 Å². The average Bonchev–Trinajstić information content (AvgIpc) is 2.55. The van der Waals surface area contributed by atoms with Gasteiger partial charge < -0.3 is 4.57 Å². The van der Waals surface area contributed by atoms with Crippen molar-refractivity contribution in [2.75, 3.05) is 0 Å². The van der Waals surface area contributed by atoms with Crippen LogP contribution >= 0.6 is 0 Å². The van der Waals surface area contributed by atoms with Crippen molar-refractivity contribution in [3.63, 3.8) is 0 Å². The van der Waals surface area contributed by atoms with E-state index in [0.717, 1.165) is 0 Å². The van der Waals surface area contributed by atoms with E-state index in [4.69, 9.17) is 0 Å². The molecule has 1 nitrogen and oxygen atoms in total. The van der Waals surface area contributed by atoms with Gasteiger partial charge in [-0.1, -0.05) is 30.6 Å². The third-order valence-electron chi connectivity index (χ3n) is 3.05. The van der Waals surface area contributed by atoms with Crippen molar-refractivity contribution in [1.29, 1.82) is 0 Å². The molecule has 0 aliphatic heterocycles. The molecular weight excluding hydrogens is 374 g/mol. The monoisotopic (exact) mass is 387 g/mol. The van der Waals surface area contributed by atoms with Crippen molar-refractivity contribution >= 4 is 21.8 Å². The first kappa shape index (κ1) is 11.4. The number of para-hydroxylation sites is 1. The summed E-state index contributed by atoms with van der Waals surface area (Å²) in [5, 5.41) is 2.65. The summed E-state index contributed by atoms with van der Waals surface area (Å²) < 4.78 is 2.25. The normalized spacial score (nSPS) is 10.6. The number of benzene rings is 2. The van der Waals surface area contributed by atoms with Gasteiger partial charge in [0.1, 0.15) is 0 Å². The van der Waals surface area contributed by atoms with Crippen molar-refractivity contribution in [2.45, 2.75) is 6.92 Å². The van der Waals surface area contributed by atoms with Crippen LogP contribution in [0.4, 0.5) is 0 Å². The van der Waals surface area contributed by atoms with Gasteiger partial charge in [0.05, 0.1) is 0 Å². The van der Waals surface area contributed by atoms with Gasteiger partial charge in [-0.2, -0.15) is 18.2 Å². The number of aryl methyl sites for hydroxylation is 2. The van der Waals surface area contributed by atoms with Gasteiger partial charge in [-0.3, -0.25) is 0 Å². The molecule has 0 spiro atoms. The molecule has 2 heteroatoms. The van der Waals surface area contributed by atoms with Gasteiger partial charge in [-0.25, -0.2) is 0 Å². The quantitative estimate of drug-likeness (QED) is 0.522. The van der Waals surface area contributed by atoms with Crippen LogP contribution in [-0.4, -0.2) is 4.57 Å². The fraction of sp³-hybridized carbons (Fsp3) is 0.143. The van der Waals surface area contributed by atoms with Gasteiger partial charge in [-0.15, -0.1) is 10.9 Å². The summed E-state index contributed by atoms with van der Waals surface area (Å²) in [5.41, 5.74) is 3.79. The zero-order chi connectivity index (χ0) is 10.4. The summed E-state index contributed by atoms with van der Waals surface area (Å²) in [6, 6.07) is 15.9. The Morgan fingerprint density at radius 1 is 1.06 bits per heavy atom. The number of nitrogens with zero attached hydrogens (tertiary/aromatic N) is 1. The van der Waals surface area contributed by atoms with E-state index in [0.29, 0.717) is 0 Å². The van der Waals surface area contributed by atoms with E-state index < -0.39 is 0 Å². The maximum Gasteiger partial charge on any atom is 0.0357 e. The molecule has 0 aliphatic rings. The van der Waals surface area contributed by atoms with E-state index in [-0.39, 0.29) is 20.1 Å². The summed E-state index contributed by atoms with van der Waals surface area (Å²) >= 11 is 0. The van der Waals surface area contributed by atoms with Crippen molar-refractivity contribution < 1.29 is 20.1 Å². The van der Waals surface area contributed by atoms with E-state index in [9.17, 15) is 0 Å². The van der Waals surface area contributed by atoms with Gasteiger partial charge in [0.2, 0.25) is 0 Å². The van der Waals surface area contributed by atoms with E-state index in [1.807, 2.05) is 6.07 Å². The number of hydrogen-bond acceptors (Lipinski definition) is 0. The van der Waals surface area contributed by atoms with E-state index in [2.05, 4.69) is 54.9 Å². The van der Waals surface area contributed by atoms with Crippen LogP contribution in [0.3, 0.4) is 0 Å². The molecule has 83 valence electrons. The number of aromatic nitrogens is 1. The van der Waals surface area contributed by atoms with Gasteiger partial charge in [0, 0.05) is 25.6 Å². The standard InChI is InChI=1S/C14H12N.Ir/c1-10-6-5-8-12-11-7-3-4-9-13(11)15(2)14(10)12;/h3-5,7-9H,1-2H3;/q-1;. The van der Waals surface area contributed by atoms with Crippen LogP contribution in [0.25, 0.3) is 21.8 Å². The maximum atomic E-state index is 3.26. The molecule has 3 aromatic rings. The molecule has 0 N–H and O–H groups in total. The molecule has 16 heavy (non-hydrogen) atoms. The summed E-state index contributed by atoms with van der Waals surface area (Å²) in [5.74, 6) is 0. The maximum absolute atomic E-state index is 3.26. The van der Waals surface area contributed by atoms with Crippen LogP contribution in [0.2, 0.25) is 0 Å². The predicted molar refractivity (Wildman–Crippen MR) is 64.0 cm³/mol. The molecule has 0 atom stereocenters. The molecule has 0 unspecified atom stereocenters. The molecule has 1 aromatic heterocycles. The topological polar surface area (TPSA) is 4.93 Å².